The van der Waals surface area contributed by atoms with Crippen molar-refractivity contribution in [2.24, 2.45) is 5.92 Å². The van der Waals surface area contributed by atoms with Crippen molar-refractivity contribution in [2.45, 2.75) is 44.9 Å². The number of H-pyrrole nitrogens is 1. The van der Waals surface area contributed by atoms with E-state index in [9.17, 15) is 4.79 Å². The molecule has 2 fully saturated rings. The number of fused-ring (bicyclic) bond motifs is 1. The highest BCUT2D eigenvalue weighted by molar-refractivity contribution is 5.34. The first-order valence-electron chi connectivity index (χ1n) is 10.5. The monoisotopic (exact) mass is 359 g/mol. The summed E-state index contributed by atoms with van der Waals surface area (Å²) in [4.78, 5) is 27.8. The van der Waals surface area contributed by atoms with Gasteiger partial charge in [0, 0.05) is 57.8 Å². The van der Waals surface area contributed by atoms with Gasteiger partial charge in [0.05, 0.1) is 5.69 Å². The van der Waals surface area contributed by atoms with E-state index in [4.69, 9.17) is 4.98 Å². The molecule has 0 bridgehead atoms. The largest absolute Gasteiger partial charge is 0.340 e. The summed E-state index contributed by atoms with van der Waals surface area (Å²) in [6, 6.07) is 0. The summed E-state index contributed by atoms with van der Waals surface area (Å²) >= 11 is 0. The van der Waals surface area contributed by atoms with Crippen LogP contribution >= 0.6 is 0 Å². The van der Waals surface area contributed by atoms with E-state index in [0.717, 1.165) is 75.2 Å². The lowest BCUT2D eigenvalue weighted by molar-refractivity contribution is 0.207. The Morgan fingerprint density at radius 1 is 1.00 bits per heavy atom. The number of hydrogen-bond donors (Lipinski definition) is 1. The van der Waals surface area contributed by atoms with Crippen LogP contribution in [0.5, 0.6) is 0 Å². The Morgan fingerprint density at radius 3 is 2.50 bits per heavy atom. The molecule has 0 spiro atoms. The second kappa shape index (κ2) is 8.09. The number of nitrogens with one attached hydrogen (secondary N) is 1. The second-order valence-electron chi connectivity index (χ2n) is 8.41. The molecule has 26 heavy (non-hydrogen) atoms. The predicted octanol–water partition coefficient (Wildman–Crippen LogP) is 1.50. The van der Waals surface area contributed by atoms with Gasteiger partial charge >= 0.3 is 0 Å². The first-order valence-corrected chi connectivity index (χ1v) is 10.5. The highest BCUT2D eigenvalue weighted by atomic mass is 16.1. The summed E-state index contributed by atoms with van der Waals surface area (Å²) in [5, 5.41) is 0. The highest BCUT2D eigenvalue weighted by Gasteiger charge is 2.24. The normalized spacial score (nSPS) is 23.7. The van der Waals surface area contributed by atoms with Gasteiger partial charge in [-0.25, -0.2) is 4.98 Å². The summed E-state index contributed by atoms with van der Waals surface area (Å²) in [5.74, 6) is 1.64. The SMILES string of the molecule is CN1CCN(c2nc3c(c(=O)[nH]2)CCN(CC2CCCCC2)CC3)CC1. The zero-order valence-electron chi connectivity index (χ0n) is 16.2. The average Bonchev–Trinajstić information content (AvgIpc) is 2.86. The van der Waals surface area contributed by atoms with Crippen molar-refractivity contribution in [1.29, 1.82) is 0 Å². The highest BCUT2D eigenvalue weighted by Crippen LogP contribution is 2.25. The lowest BCUT2D eigenvalue weighted by Gasteiger charge is -2.32. The summed E-state index contributed by atoms with van der Waals surface area (Å²) in [6.07, 6.45) is 8.73. The number of hydrogen-bond acceptors (Lipinski definition) is 5. The molecule has 1 aliphatic carbocycles. The number of nitrogens with zero attached hydrogens (tertiary/aromatic N) is 4. The van der Waals surface area contributed by atoms with Crippen LogP contribution in [0.15, 0.2) is 4.79 Å². The molecule has 144 valence electrons. The van der Waals surface area contributed by atoms with E-state index < -0.39 is 0 Å². The van der Waals surface area contributed by atoms with Gasteiger partial charge in [-0.1, -0.05) is 19.3 Å². The third-order valence-corrected chi connectivity index (χ3v) is 6.48. The summed E-state index contributed by atoms with van der Waals surface area (Å²) in [5.41, 5.74) is 2.05. The predicted molar refractivity (Wildman–Crippen MR) is 105 cm³/mol. The van der Waals surface area contributed by atoms with E-state index in [-0.39, 0.29) is 5.56 Å². The Morgan fingerprint density at radius 2 is 1.73 bits per heavy atom. The molecule has 6 nitrogen and oxygen atoms in total. The number of aromatic amines is 1. The van der Waals surface area contributed by atoms with Crippen molar-refractivity contribution in [3.63, 3.8) is 0 Å². The molecule has 3 heterocycles. The maximum absolute atomic E-state index is 12.7. The Bertz CT molecular complexity index is 659. The number of piperazine rings is 1. The quantitative estimate of drug-likeness (QED) is 0.886. The fourth-order valence-electron chi connectivity index (χ4n) is 4.73. The van der Waals surface area contributed by atoms with Crippen LogP contribution in [-0.2, 0) is 12.8 Å². The van der Waals surface area contributed by atoms with E-state index in [0.29, 0.717) is 0 Å². The van der Waals surface area contributed by atoms with Crippen molar-refractivity contribution in [3.8, 4) is 0 Å². The van der Waals surface area contributed by atoms with Gasteiger partial charge < -0.3 is 14.7 Å². The second-order valence-corrected chi connectivity index (χ2v) is 8.41. The van der Waals surface area contributed by atoms with Crippen LogP contribution in [0.4, 0.5) is 5.95 Å². The van der Waals surface area contributed by atoms with Gasteiger partial charge in [-0.2, -0.15) is 0 Å². The van der Waals surface area contributed by atoms with E-state index in [1.807, 2.05) is 0 Å². The van der Waals surface area contributed by atoms with Crippen LogP contribution in [0, 0.1) is 5.92 Å². The Kier molecular flexibility index (Phi) is 5.60. The van der Waals surface area contributed by atoms with Crippen LogP contribution in [-0.4, -0.2) is 72.6 Å². The third-order valence-electron chi connectivity index (χ3n) is 6.48. The van der Waals surface area contributed by atoms with E-state index in [1.165, 1.54) is 38.6 Å². The molecule has 1 saturated heterocycles. The molecule has 1 saturated carbocycles. The van der Waals surface area contributed by atoms with Gasteiger partial charge in [0.1, 0.15) is 0 Å². The molecule has 0 unspecified atom stereocenters. The van der Waals surface area contributed by atoms with Crippen LogP contribution in [0.2, 0.25) is 0 Å². The minimum atomic E-state index is 0.0865. The standard InChI is InChI=1S/C20H33N5O/c1-23-11-13-25(14-12-23)20-21-18-8-10-24(9-7-17(18)19(26)22-20)15-16-5-3-2-4-6-16/h16H,2-15H2,1H3,(H,21,22,26). The molecule has 1 N–H and O–H groups in total. The van der Waals surface area contributed by atoms with Crippen molar-refractivity contribution >= 4 is 5.95 Å². The molecule has 2 aliphatic heterocycles. The minimum absolute atomic E-state index is 0.0865. The van der Waals surface area contributed by atoms with E-state index in [1.54, 1.807) is 0 Å². The molecule has 1 aromatic rings. The fourth-order valence-corrected chi connectivity index (χ4v) is 4.73. The van der Waals surface area contributed by atoms with Crippen LogP contribution in [0.25, 0.3) is 0 Å². The lowest BCUT2D eigenvalue weighted by atomic mass is 9.89. The topological polar surface area (TPSA) is 55.5 Å². The van der Waals surface area contributed by atoms with Gasteiger partial charge in [0.2, 0.25) is 5.95 Å². The Hall–Kier alpha value is -1.40. The molecule has 0 atom stereocenters. The van der Waals surface area contributed by atoms with Crippen molar-refractivity contribution in [3.05, 3.63) is 21.6 Å². The summed E-state index contributed by atoms with van der Waals surface area (Å²) in [7, 11) is 2.14. The smallest absolute Gasteiger partial charge is 0.255 e. The molecule has 0 amide bonds. The zero-order valence-corrected chi connectivity index (χ0v) is 16.2. The van der Waals surface area contributed by atoms with Gasteiger partial charge in [-0.15, -0.1) is 0 Å². The van der Waals surface area contributed by atoms with Gasteiger partial charge in [-0.3, -0.25) is 9.78 Å². The summed E-state index contributed by atoms with van der Waals surface area (Å²) in [6.45, 7) is 7.17. The first-order chi connectivity index (χ1) is 12.7. The van der Waals surface area contributed by atoms with E-state index >= 15 is 0 Å². The van der Waals surface area contributed by atoms with Crippen LogP contribution in [0.1, 0.15) is 43.4 Å². The molecule has 3 aliphatic rings. The minimum Gasteiger partial charge on any atom is -0.340 e. The van der Waals surface area contributed by atoms with Crippen molar-refractivity contribution in [1.82, 2.24) is 19.8 Å². The summed E-state index contributed by atoms with van der Waals surface area (Å²) < 4.78 is 0. The molecular formula is C20H33N5O. The van der Waals surface area contributed by atoms with Crippen molar-refractivity contribution < 1.29 is 0 Å². The number of rotatable bonds is 3. The van der Waals surface area contributed by atoms with Gasteiger partial charge in [0.25, 0.3) is 5.56 Å². The Labute approximate surface area is 156 Å². The number of anilines is 1. The molecular weight excluding hydrogens is 326 g/mol. The fraction of sp³-hybridized carbons (Fsp3) is 0.800. The maximum Gasteiger partial charge on any atom is 0.255 e. The molecule has 4 rings (SSSR count). The molecule has 1 aromatic heterocycles. The van der Waals surface area contributed by atoms with Gasteiger partial charge in [0.15, 0.2) is 0 Å². The Balaban J connectivity index is 1.44. The number of likely N-dealkylation sites (N-methyl/N-ethyl adjacent to an activating group) is 1. The van der Waals surface area contributed by atoms with Crippen LogP contribution in [0.3, 0.4) is 0 Å². The average molecular weight is 360 g/mol. The van der Waals surface area contributed by atoms with Gasteiger partial charge in [-0.05, 0) is 32.2 Å². The molecule has 0 aromatic carbocycles. The molecule has 0 radical (unpaired) electrons. The van der Waals surface area contributed by atoms with Crippen LogP contribution < -0.4 is 10.5 Å². The van der Waals surface area contributed by atoms with E-state index in [2.05, 4.69) is 26.7 Å². The molecule has 6 heteroatoms. The third kappa shape index (κ3) is 4.12. The lowest BCUT2D eigenvalue weighted by Crippen LogP contribution is -2.45. The van der Waals surface area contributed by atoms with Crippen molar-refractivity contribution in [2.75, 3.05) is 57.8 Å². The maximum atomic E-state index is 12.7. The first kappa shape index (κ1) is 18.0. The zero-order chi connectivity index (χ0) is 17.9. The number of aromatic nitrogens is 2.